The van der Waals surface area contributed by atoms with Crippen LogP contribution in [0.25, 0.3) is 0 Å². The molecule has 0 aromatic carbocycles. The van der Waals surface area contributed by atoms with E-state index < -0.39 is 0 Å². The van der Waals surface area contributed by atoms with Gasteiger partial charge in [0.05, 0.1) is 6.20 Å². The minimum absolute atomic E-state index is 0.320. The van der Waals surface area contributed by atoms with Crippen molar-refractivity contribution in [2.24, 2.45) is 0 Å². The lowest BCUT2D eigenvalue weighted by Crippen LogP contribution is -2.22. The summed E-state index contributed by atoms with van der Waals surface area (Å²) in [7, 11) is 0. The first-order valence-electron chi connectivity index (χ1n) is 7.64. The van der Waals surface area contributed by atoms with Crippen molar-refractivity contribution in [3.05, 3.63) is 17.5 Å². The summed E-state index contributed by atoms with van der Waals surface area (Å²) in [6, 6.07) is 0. The molecule has 1 heterocycles. The van der Waals surface area contributed by atoms with E-state index in [4.69, 9.17) is 0 Å². The number of H-pyrrole nitrogens is 1. The van der Waals surface area contributed by atoms with Crippen LogP contribution in [0.15, 0.2) is 6.20 Å². The van der Waals surface area contributed by atoms with Crippen LogP contribution in [0.5, 0.6) is 0 Å². The molecule has 2 heteroatoms. The number of rotatable bonds is 9. The monoisotopic (exact) mass is 250 g/mol. The molecular weight excluding hydrogens is 220 g/mol. The van der Waals surface area contributed by atoms with Gasteiger partial charge in [-0.15, -0.1) is 0 Å². The Bertz CT molecular complexity index is 330. The van der Waals surface area contributed by atoms with Gasteiger partial charge in [-0.25, -0.2) is 0 Å². The lowest BCUT2D eigenvalue weighted by atomic mass is 9.74. The molecule has 104 valence electrons. The molecule has 1 unspecified atom stereocenters. The Morgan fingerprint density at radius 2 is 1.72 bits per heavy atom. The van der Waals surface area contributed by atoms with Gasteiger partial charge in [-0.2, -0.15) is 5.10 Å². The molecule has 0 amide bonds. The van der Waals surface area contributed by atoms with E-state index in [1.54, 1.807) is 0 Å². The molecule has 2 nitrogen and oxygen atoms in total. The molecule has 0 fully saturated rings. The summed E-state index contributed by atoms with van der Waals surface area (Å²) in [4.78, 5) is 0. The van der Waals surface area contributed by atoms with Crippen molar-refractivity contribution >= 4 is 0 Å². The van der Waals surface area contributed by atoms with Gasteiger partial charge >= 0.3 is 0 Å². The first-order chi connectivity index (χ1) is 8.64. The molecule has 0 radical (unpaired) electrons. The Labute approximate surface area is 113 Å². The fourth-order valence-corrected chi connectivity index (χ4v) is 2.86. The van der Waals surface area contributed by atoms with E-state index in [2.05, 4.69) is 37.9 Å². The number of hydrogen-bond donors (Lipinski definition) is 1. The molecule has 1 rings (SSSR count). The Balaban J connectivity index is 2.66. The third-order valence-electron chi connectivity index (χ3n) is 4.14. The maximum atomic E-state index is 4.22. The minimum Gasteiger partial charge on any atom is -0.283 e. The summed E-state index contributed by atoms with van der Waals surface area (Å²) in [6.07, 6.45) is 12.6. The van der Waals surface area contributed by atoms with Gasteiger partial charge in [0.2, 0.25) is 0 Å². The SMILES string of the molecule is CCCCCCC(C)(CCCC)c1cn[nH]c1C. The fourth-order valence-electron chi connectivity index (χ4n) is 2.86. The lowest BCUT2D eigenvalue weighted by Gasteiger charge is -2.30. The molecule has 0 aliphatic carbocycles. The highest BCUT2D eigenvalue weighted by Crippen LogP contribution is 2.36. The smallest absolute Gasteiger partial charge is 0.0527 e. The molecule has 0 aliphatic heterocycles. The minimum atomic E-state index is 0.320. The number of unbranched alkanes of at least 4 members (excludes halogenated alkanes) is 4. The van der Waals surface area contributed by atoms with Gasteiger partial charge in [0.1, 0.15) is 0 Å². The summed E-state index contributed by atoms with van der Waals surface area (Å²) in [5.74, 6) is 0. The lowest BCUT2D eigenvalue weighted by molar-refractivity contribution is 0.367. The van der Waals surface area contributed by atoms with Crippen molar-refractivity contribution < 1.29 is 0 Å². The summed E-state index contributed by atoms with van der Waals surface area (Å²) >= 11 is 0. The Hall–Kier alpha value is -0.790. The van der Waals surface area contributed by atoms with Crippen LogP contribution in [0, 0.1) is 6.92 Å². The van der Waals surface area contributed by atoms with Crippen LogP contribution in [0.1, 0.15) is 83.4 Å². The average molecular weight is 250 g/mol. The molecule has 1 aromatic heterocycles. The summed E-state index contributed by atoms with van der Waals surface area (Å²) in [5.41, 5.74) is 3.01. The highest BCUT2D eigenvalue weighted by molar-refractivity contribution is 5.25. The number of hydrogen-bond acceptors (Lipinski definition) is 1. The molecule has 0 aliphatic rings. The van der Waals surface area contributed by atoms with Crippen molar-refractivity contribution in [2.45, 2.75) is 84.5 Å². The second-order valence-electron chi connectivity index (χ2n) is 5.88. The van der Waals surface area contributed by atoms with Crippen LogP contribution >= 0.6 is 0 Å². The van der Waals surface area contributed by atoms with E-state index >= 15 is 0 Å². The van der Waals surface area contributed by atoms with Crippen molar-refractivity contribution in [1.29, 1.82) is 0 Å². The van der Waals surface area contributed by atoms with E-state index in [9.17, 15) is 0 Å². The molecule has 0 spiro atoms. The fraction of sp³-hybridized carbons (Fsp3) is 0.812. The Morgan fingerprint density at radius 3 is 2.28 bits per heavy atom. The molecular formula is C16H30N2. The van der Waals surface area contributed by atoms with Gasteiger partial charge in [0.15, 0.2) is 0 Å². The normalized spacial score (nSPS) is 14.7. The third kappa shape index (κ3) is 4.15. The van der Waals surface area contributed by atoms with Gasteiger partial charge in [-0.1, -0.05) is 59.3 Å². The van der Waals surface area contributed by atoms with Gasteiger partial charge in [0.25, 0.3) is 0 Å². The maximum absolute atomic E-state index is 4.22. The molecule has 18 heavy (non-hydrogen) atoms. The van der Waals surface area contributed by atoms with Crippen LogP contribution < -0.4 is 0 Å². The zero-order valence-electron chi connectivity index (χ0n) is 12.7. The Kier molecular flexibility index (Phi) is 6.45. The van der Waals surface area contributed by atoms with E-state index in [1.165, 1.54) is 62.6 Å². The summed E-state index contributed by atoms with van der Waals surface area (Å²) in [6.45, 7) is 9.13. The molecule has 0 saturated heterocycles. The van der Waals surface area contributed by atoms with Gasteiger partial charge < -0.3 is 0 Å². The van der Waals surface area contributed by atoms with E-state index in [0.29, 0.717) is 5.41 Å². The van der Waals surface area contributed by atoms with Crippen molar-refractivity contribution in [2.75, 3.05) is 0 Å². The van der Waals surface area contributed by atoms with E-state index in [0.717, 1.165) is 0 Å². The number of aryl methyl sites for hydroxylation is 1. The quantitative estimate of drug-likeness (QED) is 0.604. The van der Waals surface area contributed by atoms with Crippen LogP contribution in [0.2, 0.25) is 0 Å². The average Bonchev–Trinajstić information content (AvgIpc) is 2.79. The van der Waals surface area contributed by atoms with Crippen LogP contribution in [-0.2, 0) is 5.41 Å². The van der Waals surface area contributed by atoms with E-state index in [-0.39, 0.29) is 0 Å². The second kappa shape index (κ2) is 7.60. The van der Waals surface area contributed by atoms with Crippen LogP contribution in [0.3, 0.4) is 0 Å². The van der Waals surface area contributed by atoms with E-state index in [1.807, 2.05) is 6.20 Å². The highest BCUT2D eigenvalue weighted by atomic mass is 15.1. The number of aromatic nitrogens is 2. The molecule has 1 atom stereocenters. The number of nitrogens with zero attached hydrogens (tertiary/aromatic N) is 1. The van der Waals surface area contributed by atoms with Crippen molar-refractivity contribution in [3.63, 3.8) is 0 Å². The molecule has 0 bridgehead atoms. The Morgan fingerprint density at radius 1 is 1.06 bits per heavy atom. The van der Waals surface area contributed by atoms with Gasteiger partial charge in [-0.05, 0) is 30.7 Å². The first-order valence-corrected chi connectivity index (χ1v) is 7.64. The summed E-state index contributed by atoms with van der Waals surface area (Å²) in [5, 5.41) is 7.32. The van der Waals surface area contributed by atoms with Gasteiger partial charge in [0, 0.05) is 5.69 Å². The van der Waals surface area contributed by atoms with Crippen molar-refractivity contribution in [3.8, 4) is 0 Å². The maximum Gasteiger partial charge on any atom is 0.0527 e. The number of nitrogens with one attached hydrogen (secondary N) is 1. The number of aromatic amines is 1. The zero-order valence-corrected chi connectivity index (χ0v) is 12.7. The molecule has 0 saturated carbocycles. The zero-order chi connectivity index (χ0) is 13.4. The molecule has 1 aromatic rings. The second-order valence-corrected chi connectivity index (χ2v) is 5.88. The largest absolute Gasteiger partial charge is 0.283 e. The topological polar surface area (TPSA) is 28.7 Å². The predicted molar refractivity (Wildman–Crippen MR) is 79.0 cm³/mol. The van der Waals surface area contributed by atoms with Gasteiger partial charge in [-0.3, -0.25) is 5.10 Å². The van der Waals surface area contributed by atoms with Crippen LogP contribution in [0.4, 0.5) is 0 Å². The molecule has 1 N–H and O–H groups in total. The van der Waals surface area contributed by atoms with Crippen molar-refractivity contribution in [1.82, 2.24) is 10.2 Å². The van der Waals surface area contributed by atoms with Crippen LogP contribution in [-0.4, -0.2) is 10.2 Å². The highest BCUT2D eigenvalue weighted by Gasteiger charge is 2.28. The summed E-state index contributed by atoms with van der Waals surface area (Å²) < 4.78 is 0. The third-order valence-corrected chi connectivity index (χ3v) is 4.14. The standard InChI is InChI=1S/C16H30N2/c1-5-7-9-10-12-16(4,11-8-6-2)15-13-17-18-14(15)3/h13H,5-12H2,1-4H3,(H,17,18). The predicted octanol–water partition coefficient (Wildman–Crippen LogP) is 5.14. The first kappa shape index (κ1) is 15.3.